The fraction of sp³-hybridized carbons (Fsp3) is 0.436. The zero-order chi connectivity index (χ0) is 32.9. The number of fused-ring (bicyclic) bond motifs is 7. The lowest BCUT2D eigenvalue weighted by molar-refractivity contribution is -0.186. The Labute approximate surface area is 273 Å². The molecule has 8 heteroatoms. The van der Waals surface area contributed by atoms with Gasteiger partial charge in [0.2, 0.25) is 0 Å². The van der Waals surface area contributed by atoms with E-state index in [1.807, 2.05) is 36.4 Å². The van der Waals surface area contributed by atoms with Crippen LogP contribution in [0, 0.1) is 22.6 Å². The van der Waals surface area contributed by atoms with Crippen LogP contribution in [0.3, 0.4) is 0 Å². The normalized spacial score (nSPS) is 28.3. The van der Waals surface area contributed by atoms with Gasteiger partial charge in [0, 0.05) is 52.8 Å². The highest BCUT2D eigenvalue weighted by Gasteiger charge is 2.61. The van der Waals surface area contributed by atoms with Crippen molar-refractivity contribution in [1.29, 1.82) is 0 Å². The third-order valence-corrected chi connectivity index (χ3v) is 11.7. The van der Waals surface area contributed by atoms with Gasteiger partial charge in [-0.15, -0.1) is 0 Å². The Morgan fingerprint density at radius 1 is 1.06 bits per heavy atom. The molecule has 47 heavy (non-hydrogen) atoms. The van der Waals surface area contributed by atoms with Crippen LogP contribution in [0.5, 0.6) is 0 Å². The number of hydrogen-bond donors (Lipinski definition) is 3. The summed E-state index contributed by atoms with van der Waals surface area (Å²) in [7, 11) is 0. The van der Waals surface area contributed by atoms with Crippen molar-refractivity contribution in [3.63, 3.8) is 0 Å². The van der Waals surface area contributed by atoms with E-state index in [0.29, 0.717) is 50.7 Å². The monoisotopic (exact) mass is 635 g/mol. The van der Waals surface area contributed by atoms with Crippen LogP contribution in [0.1, 0.15) is 76.6 Å². The zero-order valence-electron chi connectivity index (χ0n) is 27.5. The summed E-state index contributed by atoms with van der Waals surface area (Å²) in [6.45, 7) is 10.3. The molecule has 0 saturated heterocycles. The second-order valence-corrected chi connectivity index (χ2v) is 15.2. The summed E-state index contributed by atoms with van der Waals surface area (Å²) in [5, 5.41) is 16.7. The van der Waals surface area contributed by atoms with Gasteiger partial charge in [0.1, 0.15) is 17.0 Å². The predicted octanol–water partition coefficient (Wildman–Crippen LogP) is 7.92. The number of aliphatic hydroxyl groups is 1. The van der Waals surface area contributed by atoms with Gasteiger partial charge in [0.25, 0.3) is 11.5 Å². The quantitative estimate of drug-likeness (QED) is 0.176. The maximum absolute atomic E-state index is 14.0. The SMILES string of the molecule is CCN(CC)c1cc2oc3c4ccc(F)cc4[nH]c(=O)c3c2cc1-c1cccc(C(=O)NC2CC3(O)CC4(C)CCC2C(C)(C4)C3)c1. The minimum absolute atomic E-state index is 0.0246. The third-order valence-electron chi connectivity index (χ3n) is 11.7. The van der Waals surface area contributed by atoms with Crippen LogP contribution in [0.25, 0.3) is 44.0 Å². The van der Waals surface area contributed by atoms with Crippen molar-refractivity contribution in [2.75, 3.05) is 18.0 Å². The summed E-state index contributed by atoms with van der Waals surface area (Å²) < 4.78 is 20.3. The molecule has 2 heterocycles. The van der Waals surface area contributed by atoms with Crippen LogP contribution >= 0.6 is 0 Å². The first-order valence-electron chi connectivity index (χ1n) is 17.0. The average Bonchev–Trinajstić information content (AvgIpc) is 3.38. The highest BCUT2D eigenvalue weighted by molar-refractivity contribution is 6.15. The van der Waals surface area contributed by atoms with Gasteiger partial charge in [-0.1, -0.05) is 26.0 Å². The molecule has 3 aliphatic carbocycles. The van der Waals surface area contributed by atoms with Crippen LogP contribution in [-0.2, 0) is 0 Å². The molecule has 8 rings (SSSR count). The van der Waals surface area contributed by atoms with E-state index in [4.69, 9.17) is 4.42 Å². The number of nitrogens with zero attached hydrogens (tertiary/aromatic N) is 1. The minimum Gasteiger partial charge on any atom is -0.455 e. The van der Waals surface area contributed by atoms with Crippen molar-refractivity contribution in [3.05, 3.63) is 76.3 Å². The summed E-state index contributed by atoms with van der Waals surface area (Å²) in [5.74, 6) is -0.219. The van der Waals surface area contributed by atoms with Gasteiger partial charge in [0.05, 0.1) is 16.5 Å². The topological polar surface area (TPSA) is 98.6 Å². The molecule has 3 aromatic carbocycles. The number of rotatable bonds is 6. The first-order chi connectivity index (χ1) is 22.4. The number of nitrogens with one attached hydrogen (secondary N) is 2. The van der Waals surface area contributed by atoms with E-state index in [1.165, 1.54) is 12.1 Å². The summed E-state index contributed by atoms with van der Waals surface area (Å²) in [4.78, 5) is 32.4. The molecule has 3 aliphatic rings. The molecule has 244 valence electrons. The number of furan rings is 1. The van der Waals surface area contributed by atoms with Crippen molar-refractivity contribution in [2.24, 2.45) is 16.7 Å². The first kappa shape index (κ1) is 30.2. The largest absolute Gasteiger partial charge is 0.455 e. The lowest BCUT2D eigenvalue weighted by Gasteiger charge is -2.64. The smallest absolute Gasteiger partial charge is 0.260 e. The fourth-order valence-corrected chi connectivity index (χ4v) is 10.2. The summed E-state index contributed by atoms with van der Waals surface area (Å²) in [6.07, 6.45) is 5.48. The summed E-state index contributed by atoms with van der Waals surface area (Å²) >= 11 is 0. The summed E-state index contributed by atoms with van der Waals surface area (Å²) in [5.41, 5.74) is 3.74. The number of H-pyrrole nitrogens is 1. The number of carbonyl (C=O) groups is 1. The maximum Gasteiger partial charge on any atom is 0.260 e. The highest BCUT2D eigenvalue weighted by Crippen LogP contribution is 2.65. The van der Waals surface area contributed by atoms with E-state index in [-0.39, 0.29) is 28.3 Å². The molecule has 1 amide bonds. The number of benzene rings is 3. The molecule has 0 radical (unpaired) electrons. The van der Waals surface area contributed by atoms with Crippen molar-refractivity contribution < 1.29 is 18.7 Å². The Morgan fingerprint density at radius 3 is 2.66 bits per heavy atom. The molecule has 0 aliphatic heterocycles. The Balaban J connectivity index is 1.20. The van der Waals surface area contributed by atoms with Gasteiger partial charge >= 0.3 is 0 Å². The van der Waals surface area contributed by atoms with Crippen molar-refractivity contribution in [1.82, 2.24) is 10.3 Å². The number of carbonyl (C=O) groups excluding carboxylic acids is 1. The molecule has 3 N–H and O–H groups in total. The molecule has 3 bridgehead atoms. The van der Waals surface area contributed by atoms with E-state index >= 15 is 0 Å². The molecule has 5 aromatic rings. The Morgan fingerprint density at radius 2 is 1.87 bits per heavy atom. The molecular formula is C39H42FN3O4. The van der Waals surface area contributed by atoms with Gasteiger partial charge in [-0.25, -0.2) is 4.39 Å². The average molecular weight is 636 g/mol. The number of aromatic amines is 1. The van der Waals surface area contributed by atoms with Crippen LogP contribution in [-0.4, -0.2) is 40.7 Å². The van der Waals surface area contributed by atoms with Gasteiger partial charge in [-0.2, -0.15) is 0 Å². The fourth-order valence-electron chi connectivity index (χ4n) is 10.2. The van der Waals surface area contributed by atoms with E-state index in [1.54, 1.807) is 6.07 Å². The molecule has 3 saturated carbocycles. The number of halogens is 1. The molecule has 0 spiro atoms. The highest BCUT2D eigenvalue weighted by atomic mass is 19.1. The van der Waals surface area contributed by atoms with Crippen LogP contribution in [0.4, 0.5) is 10.1 Å². The van der Waals surface area contributed by atoms with E-state index < -0.39 is 11.4 Å². The van der Waals surface area contributed by atoms with E-state index in [9.17, 15) is 19.1 Å². The lowest BCUT2D eigenvalue weighted by atomic mass is 9.43. The second-order valence-electron chi connectivity index (χ2n) is 15.2. The third kappa shape index (κ3) is 4.78. The van der Waals surface area contributed by atoms with Crippen molar-refractivity contribution in [3.8, 4) is 11.1 Å². The van der Waals surface area contributed by atoms with Gasteiger partial charge in [-0.3, -0.25) is 9.59 Å². The second kappa shape index (κ2) is 10.4. The Bertz CT molecular complexity index is 2140. The minimum atomic E-state index is -0.739. The number of anilines is 1. The zero-order valence-corrected chi connectivity index (χ0v) is 27.5. The van der Waals surface area contributed by atoms with E-state index in [2.05, 4.69) is 42.9 Å². The van der Waals surface area contributed by atoms with E-state index in [0.717, 1.165) is 62.0 Å². The molecule has 5 unspecified atom stereocenters. The number of aromatic nitrogens is 1. The Kier molecular flexibility index (Phi) is 6.69. The van der Waals surface area contributed by atoms with Crippen molar-refractivity contribution >= 4 is 44.4 Å². The van der Waals surface area contributed by atoms with Gasteiger partial charge < -0.3 is 24.7 Å². The Hall–Kier alpha value is -4.17. The molecule has 3 fully saturated rings. The predicted molar refractivity (Wildman–Crippen MR) is 184 cm³/mol. The summed E-state index contributed by atoms with van der Waals surface area (Å²) in [6, 6.07) is 15.8. The van der Waals surface area contributed by atoms with Crippen LogP contribution in [0.15, 0.2) is 63.8 Å². The molecule has 5 atom stereocenters. The van der Waals surface area contributed by atoms with Crippen LogP contribution in [0.2, 0.25) is 0 Å². The van der Waals surface area contributed by atoms with Gasteiger partial charge in [-0.05, 0) is 111 Å². The number of hydrogen-bond acceptors (Lipinski definition) is 5. The van der Waals surface area contributed by atoms with Crippen LogP contribution < -0.4 is 15.8 Å². The number of amides is 1. The van der Waals surface area contributed by atoms with Gasteiger partial charge in [0.15, 0.2) is 0 Å². The first-order valence-corrected chi connectivity index (χ1v) is 17.0. The molecule has 2 aromatic heterocycles. The lowest BCUT2D eigenvalue weighted by Crippen LogP contribution is -2.64. The molecule has 7 nitrogen and oxygen atoms in total. The standard InChI is InChI=1S/C39H42FN3O4/c1-5-43(6-2)31-17-32-27(33-34(47-32)25-11-10-24(40)15-29(25)41-36(33)45)16-26(31)22-8-7-9-23(14-22)35(44)42-30-18-39(46)20-37(3)13-12-28(30)38(4,19-37)21-39/h7-11,14-17,28,30,46H,5-6,12-13,18-21H2,1-4H3,(H,41,45)(H,42,44). The maximum atomic E-state index is 14.0. The van der Waals surface area contributed by atoms with Crippen molar-refractivity contribution in [2.45, 2.75) is 77.9 Å². The molecular weight excluding hydrogens is 593 g/mol. The number of pyridine rings is 1.